The van der Waals surface area contributed by atoms with Crippen molar-refractivity contribution in [1.82, 2.24) is 5.32 Å². The molecule has 0 amide bonds. The predicted octanol–water partition coefficient (Wildman–Crippen LogP) is 3.21. The average molecular weight is 239 g/mol. The molecule has 0 aromatic heterocycles. The van der Waals surface area contributed by atoms with Crippen molar-refractivity contribution in [3.8, 4) is 0 Å². The van der Waals surface area contributed by atoms with Gasteiger partial charge in [0.2, 0.25) is 0 Å². The lowest BCUT2D eigenvalue weighted by Crippen LogP contribution is -2.08. The lowest BCUT2D eigenvalue weighted by Gasteiger charge is -2.15. The molecule has 1 nitrogen and oxygen atoms in total. The molecule has 1 aromatic carbocycles. The number of nitrogens with one attached hydrogen (secondary N) is 1. The van der Waals surface area contributed by atoms with Gasteiger partial charge in [-0.3, -0.25) is 0 Å². The van der Waals surface area contributed by atoms with E-state index in [-0.39, 0.29) is 0 Å². The zero-order chi connectivity index (χ0) is 10.7. The van der Waals surface area contributed by atoms with Gasteiger partial charge in [0.05, 0.1) is 0 Å². The second kappa shape index (κ2) is 5.28. The normalized spacial score (nSPS) is 20.8. The average Bonchev–Trinajstić information content (AvgIpc) is 2.81. The molecule has 0 spiro atoms. The lowest BCUT2D eigenvalue weighted by molar-refractivity contribution is 0.741. The molecule has 1 aliphatic heterocycles. The van der Waals surface area contributed by atoms with E-state index >= 15 is 0 Å². The van der Waals surface area contributed by atoms with E-state index in [0.717, 1.165) is 12.5 Å². The van der Waals surface area contributed by atoms with Crippen LogP contribution in [0.2, 0.25) is 0 Å². The summed E-state index contributed by atoms with van der Waals surface area (Å²) >= 11 is 3.74. The first-order valence-corrected chi connectivity index (χ1v) is 7.73. The quantitative estimate of drug-likeness (QED) is 0.814. The lowest BCUT2D eigenvalue weighted by atomic mass is 9.98. The zero-order valence-electron chi connectivity index (χ0n) is 9.25. The molecule has 0 bridgehead atoms. The van der Waals surface area contributed by atoms with Gasteiger partial charge in [-0.2, -0.15) is 0 Å². The first kappa shape index (κ1) is 11.4. The van der Waals surface area contributed by atoms with Crippen LogP contribution >= 0.6 is 23.5 Å². The van der Waals surface area contributed by atoms with Gasteiger partial charge >= 0.3 is 0 Å². The van der Waals surface area contributed by atoms with Crippen molar-refractivity contribution in [2.24, 2.45) is 0 Å². The van der Waals surface area contributed by atoms with Gasteiger partial charge in [-0.15, -0.1) is 23.5 Å². The molecule has 1 atom stereocenters. The van der Waals surface area contributed by atoms with E-state index in [1.54, 1.807) is 5.56 Å². The summed E-state index contributed by atoms with van der Waals surface area (Å²) in [7, 11) is 0. The summed E-state index contributed by atoms with van der Waals surface area (Å²) in [6.45, 7) is 2.31. The summed E-state index contributed by atoms with van der Waals surface area (Å²) in [6, 6.07) is 6.71. The van der Waals surface area contributed by atoms with Crippen LogP contribution in [-0.2, 0) is 0 Å². The Balaban J connectivity index is 2.36. The topological polar surface area (TPSA) is 12.0 Å². The maximum atomic E-state index is 3.44. The summed E-state index contributed by atoms with van der Waals surface area (Å²) in [5.41, 5.74) is 1.54. The fourth-order valence-corrected chi connectivity index (χ4v) is 3.91. The maximum Gasteiger partial charge on any atom is 0.0240 e. The van der Waals surface area contributed by atoms with Crippen LogP contribution in [0.25, 0.3) is 0 Å². The second-order valence-corrected chi connectivity index (χ2v) is 5.44. The fraction of sp³-hybridized carbons (Fsp3) is 0.500. The van der Waals surface area contributed by atoms with Crippen molar-refractivity contribution in [2.75, 3.05) is 25.6 Å². The Hall–Kier alpha value is -0.120. The van der Waals surface area contributed by atoms with Crippen LogP contribution in [0.5, 0.6) is 0 Å². The Morgan fingerprint density at radius 2 is 2.13 bits per heavy atom. The Morgan fingerprint density at radius 1 is 1.27 bits per heavy atom. The van der Waals surface area contributed by atoms with E-state index < -0.39 is 0 Å². The number of rotatable bonds is 3. The minimum Gasteiger partial charge on any atom is -0.316 e. The Bertz CT molecular complexity index is 332. The third-order valence-corrected chi connectivity index (χ3v) is 4.71. The third-order valence-electron chi connectivity index (χ3n) is 2.93. The van der Waals surface area contributed by atoms with Gasteiger partial charge < -0.3 is 5.32 Å². The smallest absolute Gasteiger partial charge is 0.0240 e. The second-order valence-electron chi connectivity index (χ2n) is 3.77. The molecule has 0 saturated carbocycles. The number of hydrogen-bond acceptors (Lipinski definition) is 3. The van der Waals surface area contributed by atoms with Crippen LogP contribution < -0.4 is 5.32 Å². The van der Waals surface area contributed by atoms with Crippen molar-refractivity contribution in [2.45, 2.75) is 22.1 Å². The highest BCUT2D eigenvalue weighted by atomic mass is 32.2. The Labute approximate surface area is 100 Å². The number of benzene rings is 1. The SMILES string of the molecule is CSc1cccc(C2CCNC2)c1SC. The molecule has 0 aliphatic carbocycles. The molecule has 15 heavy (non-hydrogen) atoms. The summed E-state index contributed by atoms with van der Waals surface area (Å²) in [5, 5.41) is 3.44. The van der Waals surface area contributed by atoms with Crippen molar-refractivity contribution >= 4 is 23.5 Å². The summed E-state index contributed by atoms with van der Waals surface area (Å²) in [6.07, 6.45) is 5.62. The van der Waals surface area contributed by atoms with E-state index in [1.165, 1.54) is 22.8 Å². The number of hydrogen-bond donors (Lipinski definition) is 1. The minimum atomic E-state index is 0.722. The van der Waals surface area contributed by atoms with Gasteiger partial charge in [0.25, 0.3) is 0 Å². The highest BCUT2D eigenvalue weighted by molar-refractivity contribution is 8.01. The van der Waals surface area contributed by atoms with E-state index in [1.807, 2.05) is 23.5 Å². The van der Waals surface area contributed by atoms with Crippen molar-refractivity contribution in [1.29, 1.82) is 0 Å². The summed E-state index contributed by atoms with van der Waals surface area (Å²) in [4.78, 5) is 2.91. The maximum absolute atomic E-state index is 3.44. The highest BCUT2D eigenvalue weighted by Gasteiger charge is 2.20. The fourth-order valence-electron chi connectivity index (χ4n) is 2.15. The minimum absolute atomic E-state index is 0.722. The molecule has 82 valence electrons. The molecule has 1 unspecified atom stereocenters. The molecule has 1 N–H and O–H groups in total. The Morgan fingerprint density at radius 3 is 2.73 bits per heavy atom. The van der Waals surface area contributed by atoms with Crippen molar-refractivity contribution in [3.05, 3.63) is 23.8 Å². The van der Waals surface area contributed by atoms with Crippen molar-refractivity contribution in [3.63, 3.8) is 0 Å². The molecule has 0 radical (unpaired) electrons. The van der Waals surface area contributed by atoms with Gasteiger partial charge in [0, 0.05) is 16.3 Å². The van der Waals surface area contributed by atoms with E-state index in [0.29, 0.717) is 0 Å². The molecular formula is C12H17NS2. The van der Waals surface area contributed by atoms with Gasteiger partial charge in [-0.05, 0) is 43.0 Å². The first-order valence-electron chi connectivity index (χ1n) is 5.28. The molecule has 2 rings (SSSR count). The predicted molar refractivity (Wildman–Crippen MR) is 70.2 cm³/mol. The molecule has 1 fully saturated rings. The van der Waals surface area contributed by atoms with Crippen LogP contribution in [0.15, 0.2) is 28.0 Å². The van der Waals surface area contributed by atoms with Crippen molar-refractivity contribution < 1.29 is 0 Å². The monoisotopic (exact) mass is 239 g/mol. The number of thioether (sulfide) groups is 2. The molecule has 1 heterocycles. The van der Waals surface area contributed by atoms with E-state index in [4.69, 9.17) is 0 Å². The zero-order valence-corrected chi connectivity index (χ0v) is 10.9. The van der Waals surface area contributed by atoms with E-state index in [2.05, 4.69) is 36.0 Å². The van der Waals surface area contributed by atoms with E-state index in [9.17, 15) is 0 Å². The van der Waals surface area contributed by atoms with Gasteiger partial charge in [-0.1, -0.05) is 12.1 Å². The molecule has 1 saturated heterocycles. The Kier molecular flexibility index (Phi) is 4.00. The van der Waals surface area contributed by atoms with Crippen LogP contribution in [0.4, 0.5) is 0 Å². The summed E-state index contributed by atoms with van der Waals surface area (Å²) < 4.78 is 0. The molecule has 1 aliphatic rings. The first-order chi connectivity index (χ1) is 7.36. The molecule has 3 heteroatoms. The standard InChI is InChI=1S/C12H17NS2/c1-14-11-5-3-4-10(12(11)15-2)9-6-7-13-8-9/h3-5,9,13H,6-8H2,1-2H3. The molecular weight excluding hydrogens is 222 g/mol. The van der Waals surface area contributed by atoms with Crippen LogP contribution in [0, 0.1) is 0 Å². The van der Waals surface area contributed by atoms with Crippen LogP contribution in [0.3, 0.4) is 0 Å². The van der Waals surface area contributed by atoms with Crippen LogP contribution in [-0.4, -0.2) is 25.6 Å². The van der Waals surface area contributed by atoms with Crippen LogP contribution in [0.1, 0.15) is 17.9 Å². The van der Waals surface area contributed by atoms with Gasteiger partial charge in [-0.25, -0.2) is 0 Å². The van der Waals surface area contributed by atoms with Gasteiger partial charge in [0.15, 0.2) is 0 Å². The molecule has 1 aromatic rings. The highest BCUT2D eigenvalue weighted by Crippen LogP contribution is 2.36. The largest absolute Gasteiger partial charge is 0.316 e. The van der Waals surface area contributed by atoms with Gasteiger partial charge in [0.1, 0.15) is 0 Å². The third kappa shape index (κ3) is 2.35. The summed E-state index contributed by atoms with van der Waals surface area (Å²) in [5.74, 6) is 0.722.